The van der Waals surface area contributed by atoms with E-state index < -0.39 is 0 Å². The molecule has 92 valence electrons. The zero-order valence-electron chi connectivity index (χ0n) is 10.1. The van der Waals surface area contributed by atoms with Gasteiger partial charge in [0.1, 0.15) is 0 Å². The van der Waals surface area contributed by atoms with Crippen LogP contribution >= 0.6 is 15.9 Å². The second-order valence-electron chi connectivity index (χ2n) is 4.59. The summed E-state index contributed by atoms with van der Waals surface area (Å²) in [6.45, 7) is 5.76. The second-order valence-corrected chi connectivity index (χ2v) is 5.51. The summed E-state index contributed by atoms with van der Waals surface area (Å²) in [5.74, 6) is 0.237. The van der Waals surface area contributed by atoms with Crippen LogP contribution < -0.4 is 10.6 Å². The Bertz CT molecular complexity index is 416. The molecule has 1 fully saturated rings. The smallest absolute Gasteiger partial charge is 0.228 e. The third-order valence-corrected chi connectivity index (χ3v) is 3.63. The summed E-state index contributed by atoms with van der Waals surface area (Å²) in [7, 11) is 0. The average molecular weight is 297 g/mol. The van der Waals surface area contributed by atoms with Gasteiger partial charge in [0, 0.05) is 16.7 Å². The predicted octanol–water partition coefficient (Wildman–Crippen LogP) is 2.61. The SMILES string of the molecule is Cc1cc(Br)cc(C)c1NC(=O)C1CCNC1. The van der Waals surface area contributed by atoms with E-state index in [9.17, 15) is 4.79 Å². The van der Waals surface area contributed by atoms with Crippen LogP contribution in [0, 0.1) is 19.8 Å². The van der Waals surface area contributed by atoms with E-state index in [-0.39, 0.29) is 11.8 Å². The van der Waals surface area contributed by atoms with Crippen LogP contribution in [-0.2, 0) is 4.79 Å². The van der Waals surface area contributed by atoms with E-state index in [1.807, 2.05) is 26.0 Å². The maximum Gasteiger partial charge on any atom is 0.228 e. The van der Waals surface area contributed by atoms with Crippen LogP contribution in [-0.4, -0.2) is 19.0 Å². The van der Waals surface area contributed by atoms with Crippen molar-refractivity contribution >= 4 is 27.5 Å². The first-order valence-electron chi connectivity index (χ1n) is 5.86. The molecule has 1 unspecified atom stereocenters. The van der Waals surface area contributed by atoms with Crippen LogP contribution in [0.5, 0.6) is 0 Å². The lowest BCUT2D eigenvalue weighted by atomic mass is 10.1. The van der Waals surface area contributed by atoms with E-state index >= 15 is 0 Å². The fourth-order valence-electron chi connectivity index (χ4n) is 2.21. The van der Waals surface area contributed by atoms with E-state index in [0.29, 0.717) is 0 Å². The summed E-state index contributed by atoms with van der Waals surface area (Å²) in [5, 5.41) is 6.26. The first-order chi connectivity index (χ1) is 8.08. The maximum atomic E-state index is 12.0. The number of halogens is 1. The number of carbonyl (C=O) groups is 1. The van der Waals surface area contributed by atoms with Crippen LogP contribution in [0.1, 0.15) is 17.5 Å². The first-order valence-corrected chi connectivity index (χ1v) is 6.65. The van der Waals surface area contributed by atoms with Crippen molar-refractivity contribution in [3.8, 4) is 0 Å². The molecular weight excluding hydrogens is 280 g/mol. The van der Waals surface area contributed by atoms with Crippen LogP contribution in [0.15, 0.2) is 16.6 Å². The number of rotatable bonds is 2. The van der Waals surface area contributed by atoms with Crippen molar-refractivity contribution in [1.29, 1.82) is 0 Å². The Morgan fingerprint density at radius 1 is 1.41 bits per heavy atom. The number of aryl methyl sites for hydroxylation is 2. The highest BCUT2D eigenvalue weighted by atomic mass is 79.9. The second kappa shape index (κ2) is 5.19. The van der Waals surface area contributed by atoms with Gasteiger partial charge in [0.15, 0.2) is 0 Å². The van der Waals surface area contributed by atoms with Crippen molar-refractivity contribution in [3.05, 3.63) is 27.7 Å². The lowest BCUT2D eigenvalue weighted by Gasteiger charge is -2.15. The summed E-state index contributed by atoms with van der Waals surface area (Å²) in [6.07, 6.45) is 0.931. The summed E-state index contributed by atoms with van der Waals surface area (Å²) < 4.78 is 1.05. The standard InChI is InChI=1S/C13H17BrN2O/c1-8-5-11(14)6-9(2)12(8)16-13(17)10-3-4-15-7-10/h5-6,10,15H,3-4,7H2,1-2H3,(H,16,17). The largest absolute Gasteiger partial charge is 0.325 e. The number of anilines is 1. The fraction of sp³-hybridized carbons (Fsp3) is 0.462. The van der Waals surface area contributed by atoms with Crippen LogP contribution in [0.4, 0.5) is 5.69 Å². The minimum absolute atomic E-state index is 0.109. The lowest BCUT2D eigenvalue weighted by Crippen LogP contribution is -2.25. The molecule has 0 aliphatic carbocycles. The van der Waals surface area contributed by atoms with E-state index in [1.165, 1.54) is 0 Å². The molecule has 1 amide bonds. The normalized spacial score (nSPS) is 19.4. The summed E-state index contributed by atoms with van der Waals surface area (Å²) in [4.78, 5) is 12.0. The monoisotopic (exact) mass is 296 g/mol. The van der Waals surface area contributed by atoms with Gasteiger partial charge in [-0.15, -0.1) is 0 Å². The number of benzene rings is 1. The summed E-state index contributed by atoms with van der Waals surface area (Å²) >= 11 is 3.46. The van der Waals surface area contributed by atoms with E-state index in [0.717, 1.165) is 40.8 Å². The zero-order valence-corrected chi connectivity index (χ0v) is 11.7. The van der Waals surface area contributed by atoms with Gasteiger partial charge in [0.05, 0.1) is 5.92 Å². The van der Waals surface area contributed by atoms with Gasteiger partial charge in [0.25, 0.3) is 0 Å². The molecule has 17 heavy (non-hydrogen) atoms. The molecule has 0 saturated carbocycles. The molecule has 2 N–H and O–H groups in total. The first kappa shape index (κ1) is 12.6. The fourth-order valence-corrected chi connectivity index (χ4v) is 2.90. The Kier molecular flexibility index (Phi) is 3.84. The van der Waals surface area contributed by atoms with E-state index in [4.69, 9.17) is 0 Å². The predicted molar refractivity (Wildman–Crippen MR) is 73.2 cm³/mol. The van der Waals surface area contributed by atoms with Crippen molar-refractivity contribution in [3.63, 3.8) is 0 Å². The molecule has 1 atom stereocenters. The van der Waals surface area contributed by atoms with Gasteiger partial charge in [-0.2, -0.15) is 0 Å². The van der Waals surface area contributed by atoms with Crippen LogP contribution in [0.2, 0.25) is 0 Å². The van der Waals surface area contributed by atoms with Crippen molar-refractivity contribution in [2.45, 2.75) is 20.3 Å². The molecule has 1 heterocycles. The van der Waals surface area contributed by atoms with Crippen molar-refractivity contribution < 1.29 is 4.79 Å². The molecule has 1 aromatic carbocycles. The minimum atomic E-state index is 0.109. The molecule has 0 spiro atoms. The van der Waals surface area contributed by atoms with Crippen LogP contribution in [0.25, 0.3) is 0 Å². The molecular formula is C13H17BrN2O. The minimum Gasteiger partial charge on any atom is -0.325 e. The molecule has 1 aromatic rings. The molecule has 0 aromatic heterocycles. The Balaban J connectivity index is 2.15. The molecule has 1 saturated heterocycles. The van der Waals surface area contributed by atoms with Gasteiger partial charge in [-0.1, -0.05) is 15.9 Å². The number of nitrogens with one attached hydrogen (secondary N) is 2. The van der Waals surface area contributed by atoms with Crippen molar-refractivity contribution in [2.75, 3.05) is 18.4 Å². The molecule has 1 aliphatic heterocycles. The highest BCUT2D eigenvalue weighted by molar-refractivity contribution is 9.10. The third-order valence-electron chi connectivity index (χ3n) is 3.18. The molecule has 1 aliphatic rings. The highest BCUT2D eigenvalue weighted by Gasteiger charge is 2.23. The van der Waals surface area contributed by atoms with E-state index in [2.05, 4.69) is 26.6 Å². The lowest BCUT2D eigenvalue weighted by molar-refractivity contribution is -0.119. The van der Waals surface area contributed by atoms with E-state index in [1.54, 1.807) is 0 Å². The maximum absolute atomic E-state index is 12.0. The topological polar surface area (TPSA) is 41.1 Å². The molecule has 0 bridgehead atoms. The molecule has 0 radical (unpaired) electrons. The van der Waals surface area contributed by atoms with Crippen molar-refractivity contribution in [2.24, 2.45) is 5.92 Å². The number of hydrogen-bond acceptors (Lipinski definition) is 2. The quantitative estimate of drug-likeness (QED) is 0.881. The van der Waals surface area contributed by atoms with Crippen LogP contribution in [0.3, 0.4) is 0 Å². The van der Waals surface area contributed by atoms with Gasteiger partial charge in [-0.05, 0) is 50.1 Å². The van der Waals surface area contributed by atoms with Gasteiger partial charge in [0.2, 0.25) is 5.91 Å². The molecule has 3 nitrogen and oxygen atoms in total. The molecule has 4 heteroatoms. The summed E-state index contributed by atoms with van der Waals surface area (Å²) in [5.41, 5.74) is 3.14. The number of hydrogen-bond donors (Lipinski definition) is 2. The Morgan fingerprint density at radius 2 is 2.06 bits per heavy atom. The van der Waals surface area contributed by atoms with Crippen molar-refractivity contribution in [1.82, 2.24) is 5.32 Å². The molecule has 2 rings (SSSR count). The Morgan fingerprint density at radius 3 is 2.59 bits per heavy atom. The van der Waals surface area contributed by atoms with Gasteiger partial charge >= 0.3 is 0 Å². The number of carbonyl (C=O) groups excluding carboxylic acids is 1. The summed E-state index contributed by atoms with van der Waals surface area (Å²) in [6, 6.07) is 4.05. The Hall–Kier alpha value is -0.870. The Labute approximate surface area is 110 Å². The van der Waals surface area contributed by atoms with Gasteiger partial charge in [-0.25, -0.2) is 0 Å². The zero-order chi connectivity index (χ0) is 12.4. The average Bonchev–Trinajstić information content (AvgIpc) is 2.76. The van der Waals surface area contributed by atoms with Gasteiger partial charge in [-0.3, -0.25) is 4.79 Å². The highest BCUT2D eigenvalue weighted by Crippen LogP contribution is 2.26. The van der Waals surface area contributed by atoms with Gasteiger partial charge < -0.3 is 10.6 Å². The number of amides is 1. The third kappa shape index (κ3) is 2.87.